The summed E-state index contributed by atoms with van der Waals surface area (Å²) in [5.74, 6) is -1.29. The van der Waals surface area contributed by atoms with Crippen molar-refractivity contribution in [3.05, 3.63) is 119 Å². The number of rotatable bonds is 10. The molecule has 3 aromatic carbocycles. The zero-order valence-corrected chi connectivity index (χ0v) is 22.2. The Morgan fingerprint density at radius 2 is 1.83 bits per heavy atom. The number of carbonyl (C=O) groups is 3. The summed E-state index contributed by atoms with van der Waals surface area (Å²) in [5, 5.41) is 6.09. The largest absolute Gasteiger partial charge is 0.464 e. The summed E-state index contributed by atoms with van der Waals surface area (Å²) in [6, 6.07) is 20.9. The van der Waals surface area contributed by atoms with E-state index in [-0.39, 0.29) is 42.2 Å². The quantitative estimate of drug-likeness (QED) is 0.196. The van der Waals surface area contributed by atoms with E-state index in [0.717, 1.165) is 28.5 Å². The molecule has 1 saturated heterocycles. The normalized spacial score (nSPS) is 14.5. The van der Waals surface area contributed by atoms with Gasteiger partial charge in [0.25, 0.3) is 5.91 Å². The highest BCUT2D eigenvalue weighted by molar-refractivity contribution is 6.05. The summed E-state index contributed by atoms with van der Waals surface area (Å²) < 4.78 is 19.0. The molecule has 4 N–H and O–H groups in total. The number of anilines is 1. The Kier molecular flexibility index (Phi) is 8.57. The molecule has 0 bridgehead atoms. The van der Waals surface area contributed by atoms with Crippen molar-refractivity contribution in [2.45, 2.75) is 32.0 Å². The van der Waals surface area contributed by atoms with E-state index in [4.69, 9.17) is 10.5 Å². The molecule has 4 aromatic rings. The summed E-state index contributed by atoms with van der Waals surface area (Å²) in [4.78, 5) is 41.4. The van der Waals surface area contributed by atoms with Gasteiger partial charge in [0.15, 0.2) is 5.78 Å². The second-order valence-corrected chi connectivity index (χ2v) is 9.76. The first-order chi connectivity index (χ1) is 19.9. The molecule has 1 fully saturated rings. The lowest BCUT2D eigenvalue weighted by atomic mass is 9.93. The first-order valence-electron chi connectivity index (χ1n) is 13.3. The highest BCUT2D eigenvalue weighted by atomic mass is 19.1. The van der Waals surface area contributed by atoms with E-state index < -0.39 is 5.82 Å². The van der Waals surface area contributed by atoms with Gasteiger partial charge in [0.2, 0.25) is 0 Å². The van der Waals surface area contributed by atoms with Crippen molar-refractivity contribution in [3.63, 3.8) is 0 Å². The molecule has 1 unspecified atom stereocenters. The van der Waals surface area contributed by atoms with Crippen LogP contribution in [0, 0.1) is 5.82 Å². The van der Waals surface area contributed by atoms with Gasteiger partial charge in [0.1, 0.15) is 11.9 Å². The Balaban J connectivity index is 1.29. The molecule has 8 nitrogen and oxygen atoms in total. The molecule has 1 aliphatic heterocycles. The maximum absolute atomic E-state index is 14.0. The lowest BCUT2D eigenvalue weighted by molar-refractivity contribution is -0.139. The highest BCUT2D eigenvalue weighted by Gasteiger charge is 2.25. The second kappa shape index (κ2) is 12.6. The number of nitrogens with zero attached hydrogens (tertiary/aromatic N) is 1. The number of pyridine rings is 1. The minimum atomic E-state index is -0.527. The average Bonchev–Trinajstić information content (AvgIpc) is 3.42. The fourth-order valence-corrected chi connectivity index (χ4v) is 4.68. The van der Waals surface area contributed by atoms with Crippen LogP contribution in [0.15, 0.2) is 85.2 Å². The molecule has 0 spiro atoms. The van der Waals surface area contributed by atoms with Gasteiger partial charge in [0.05, 0.1) is 12.8 Å². The van der Waals surface area contributed by atoms with Gasteiger partial charge in [-0.1, -0.05) is 36.4 Å². The van der Waals surface area contributed by atoms with Crippen LogP contribution >= 0.6 is 0 Å². The lowest BCUT2D eigenvalue weighted by Gasteiger charge is -2.13. The zero-order valence-electron chi connectivity index (χ0n) is 22.2. The first kappa shape index (κ1) is 27.8. The molecule has 5 rings (SSSR count). The zero-order chi connectivity index (χ0) is 28.8. The molecule has 0 saturated carbocycles. The molecule has 0 radical (unpaired) electrons. The van der Waals surface area contributed by atoms with E-state index >= 15 is 0 Å². The van der Waals surface area contributed by atoms with E-state index in [1.807, 2.05) is 18.2 Å². The molecule has 1 aliphatic rings. The van der Waals surface area contributed by atoms with E-state index in [9.17, 15) is 18.8 Å². The summed E-state index contributed by atoms with van der Waals surface area (Å²) in [6.07, 6.45) is 3.10. The number of ether oxygens (including phenoxy) is 1. The number of hydrogen-bond acceptors (Lipinski definition) is 7. The first-order valence-corrected chi connectivity index (χ1v) is 13.3. The third-order valence-electron chi connectivity index (χ3n) is 6.99. The van der Waals surface area contributed by atoms with Gasteiger partial charge < -0.3 is 21.1 Å². The number of halogens is 1. The summed E-state index contributed by atoms with van der Waals surface area (Å²) >= 11 is 0. The number of carbonyl (C=O) groups excluding carboxylic acids is 3. The van der Waals surface area contributed by atoms with Crippen LogP contribution in [0.2, 0.25) is 0 Å². The van der Waals surface area contributed by atoms with E-state index in [2.05, 4.69) is 15.6 Å². The minimum Gasteiger partial charge on any atom is -0.464 e. The molecule has 0 aliphatic carbocycles. The molecule has 41 heavy (non-hydrogen) atoms. The van der Waals surface area contributed by atoms with Crippen LogP contribution in [0.1, 0.15) is 43.8 Å². The van der Waals surface area contributed by atoms with Gasteiger partial charge in [0, 0.05) is 48.9 Å². The van der Waals surface area contributed by atoms with Crippen molar-refractivity contribution >= 4 is 23.3 Å². The number of Topliss-reactive ketones (excluding diaryl/α,β-unsaturated/α-hetero) is 1. The van der Waals surface area contributed by atoms with Gasteiger partial charge in [-0.2, -0.15) is 0 Å². The number of nitrogens with two attached hydrogens (primary N) is 1. The standard InChI is InChI=1S/C32H29FN4O4/c33-28-19-35-12-10-22(28)16-30(38)23-6-7-25(17-34)27(15-23)21-2-1-3-24(14-21)31(39)37-26-8-4-20(5-9-26)18-36-29-11-13-41-32(29)40/h1-10,12,14-15,19,29,36H,11,13,16-18,34H2,(H,37,39). The predicted octanol–water partition coefficient (Wildman–Crippen LogP) is 4.43. The van der Waals surface area contributed by atoms with Gasteiger partial charge in [-0.05, 0) is 64.2 Å². The summed E-state index contributed by atoms with van der Waals surface area (Å²) in [5.41, 5.74) is 11.0. The number of amides is 1. The van der Waals surface area contributed by atoms with Crippen LogP contribution in [0.5, 0.6) is 0 Å². The smallest absolute Gasteiger partial charge is 0.323 e. The van der Waals surface area contributed by atoms with Crippen molar-refractivity contribution in [3.8, 4) is 11.1 Å². The van der Waals surface area contributed by atoms with Crippen molar-refractivity contribution in [1.82, 2.24) is 10.3 Å². The van der Waals surface area contributed by atoms with Crippen LogP contribution in [0.3, 0.4) is 0 Å². The molecule has 208 valence electrons. The van der Waals surface area contributed by atoms with Gasteiger partial charge >= 0.3 is 5.97 Å². The number of nitrogens with one attached hydrogen (secondary N) is 2. The predicted molar refractivity (Wildman–Crippen MR) is 153 cm³/mol. The molecular formula is C32H29FN4O4. The Hall–Kier alpha value is -4.73. The molecular weight excluding hydrogens is 523 g/mol. The SMILES string of the molecule is NCc1ccc(C(=O)Cc2ccncc2F)cc1-c1cccc(C(=O)Nc2ccc(CNC3CCOC3=O)cc2)c1. The van der Waals surface area contributed by atoms with Gasteiger partial charge in [-0.25, -0.2) is 4.39 Å². The molecule has 1 amide bonds. The third-order valence-corrected chi connectivity index (χ3v) is 6.99. The Labute approximate surface area is 236 Å². The summed E-state index contributed by atoms with van der Waals surface area (Å²) in [7, 11) is 0. The number of esters is 1. The second-order valence-electron chi connectivity index (χ2n) is 9.76. The molecule has 1 atom stereocenters. The number of cyclic esters (lactones) is 1. The molecule has 2 heterocycles. The number of ketones is 1. The fourth-order valence-electron chi connectivity index (χ4n) is 4.68. The van der Waals surface area contributed by atoms with Crippen molar-refractivity contribution in [2.75, 3.05) is 11.9 Å². The molecule has 9 heteroatoms. The van der Waals surface area contributed by atoms with E-state index in [0.29, 0.717) is 36.4 Å². The topological polar surface area (TPSA) is 123 Å². The molecule has 1 aromatic heterocycles. The van der Waals surface area contributed by atoms with Crippen LogP contribution in [-0.4, -0.2) is 35.3 Å². The van der Waals surface area contributed by atoms with Crippen LogP contribution in [0.4, 0.5) is 10.1 Å². The van der Waals surface area contributed by atoms with Gasteiger partial charge in [-0.3, -0.25) is 19.4 Å². The average molecular weight is 553 g/mol. The maximum atomic E-state index is 14.0. The number of benzene rings is 3. The van der Waals surface area contributed by atoms with Crippen LogP contribution in [0.25, 0.3) is 11.1 Å². The highest BCUT2D eigenvalue weighted by Crippen LogP contribution is 2.27. The third kappa shape index (κ3) is 6.71. The number of aromatic nitrogens is 1. The number of hydrogen-bond donors (Lipinski definition) is 3. The van der Waals surface area contributed by atoms with E-state index in [1.165, 1.54) is 12.3 Å². The fraction of sp³-hybridized carbons (Fsp3) is 0.188. The van der Waals surface area contributed by atoms with Crippen molar-refractivity contribution in [2.24, 2.45) is 5.73 Å². The van der Waals surface area contributed by atoms with Crippen LogP contribution in [-0.2, 0) is 29.0 Å². The van der Waals surface area contributed by atoms with Crippen molar-refractivity contribution in [1.29, 1.82) is 0 Å². The van der Waals surface area contributed by atoms with Crippen molar-refractivity contribution < 1.29 is 23.5 Å². The Morgan fingerprint density at radius 3 is 2.56 bits per heavy atom. The van der Waals surface area contributed by atoms with Gasteiger partial charge in [-0.15, -0.1) is 0 Å². The van der Waals surface area contributed by atoms with E-state index in [1.54, 1.807) is 48.5 Å². The monoisotopic (exact) mass is 552 g/mol. The minimum absolute atomic E-state index is 0.0970. The lowest BCUT2D eigenvalue weighted by Crippen LogP contribution is -2.32. The summed E-state index contributed by atoms with van der Waals surface area (Å²) in [6.45, 7) is 1.19. The maximum Gasteiger partial charge on any atom is 0.323 e. The van der Waals surface area contributed by atoms with Crippen LogP contribution < -0.4 is 16.4 Å². The Morgan fingerprint density at radius 1 is 1.00 bits per heavy atom. The Bertz CT molecular complexity index is 1590.